The van der Waals surface area contributed by atoms with Gasteiger partial charge in [0.2, 0.25) is 0 Å². The highest BCUT2D eigenvalue weighted by Gasteiger charge is 2.11. The highest BCUT2D eigenvalue weighted by atomic mass is 16.5. The van der Waals surface area contributed by atoms with Gasteiger partial charge in [-0.05, 0) is 24.1 Å². The Balaban J connectivity index is 2.44. The molecule has 1 rings (SSSR count). The van der Waals surface area contributed by atoms with Gasteiger partial charge in [-0.3, -0.25) is 4.79 Å². The molecule has 0 aliphatic rings. The summed E-state index contributed by atoms with van der Waals surface area (Å²) >= 11 is 0. The quantitative estimate of drug-likeness (QED) is 0.792. The van der Waals surface area contributed by atoms with E-state index < -0.39 is 5.97 Å². The van der Waals surface area contributed by atoms with Crippen molar-refractivity contribution in [2.24, 2.45) is 0 Å². The van der Waals surface area contributed by atoms with Crippen molar-refractivity contribution < 1.29 is 19.4 Å². The lowest BCUT2D eigenvalue weighted by Crippen LogP contribution is -2.16. The van der Waals surface area contributed by atoms with Gasteiger partial charge < -0.3 is 14.6 Å². The predicted molar refractivity (Wildman–Crippen MR) is 64.1 cm³/mol. The first-order valence-corrected chi connectivity index (χ1v) is 5.62. The number of hydrogen-bond donors (Lipinski definition) is 1. The zero-order valence-corrected chi connectivity index (χ0v) is 10.2. The first kappa shape index (κ1) is 13.5. The maximum atomic E-state index is 10.6. The lowest BCUT2D eigenvalue weighted by molar-refractivity contribution is -0.140. The lowest BCUT2D eigenvalue weighted by atomic mass is 10.2. The summed E-state index contributed by atoms with van der Waals surface area (Å²) in [6.45, 7) is 2.34. The summed E-state index contributed by atoms with van der Waals surface area (Å²) in [7, 11) is 1.62. The van der Waals surface area contributed by atoms with E-state index in [0.29, 0.717) is 13.0 Å². The molecule has 0 radical (unpaired) electrons. The molecular formula is C13H18O4. The molecular weight excluding hydrogens is 220 g/mol. The molecule has 1 unspecified atom stereocenters. The molecule has 1 N–H and O–H groups in total. The smallest absolute Gasteiger partial charge is 0.305 e. The Morgan fingerprint density at radius 2 is 2.00 bits per heavy atom. The first-order chi connectivity index (χ1) is 8.15. The van der Waals surface area contributed by atoms with Crippen molar-refractivity contribution in [2.75, 3.05) is 7.11 Å². The molecule has 17 heavy (non-hydrogen) atoms. The molecule has 0 amide bonds. The van der Waals surface area contributed by atoms with E-state index in [2.05, 4.69) is 0 Å². The first-order valence-electron chi connectivity index (χ1n) is 5.62. The van der Waals surface area contributed by atoms with Crippen LogP contribution < -0.4 is 4.74 Å². The van der Waals surface area contributed by atoms with E-state index in [1.54, 1.807) is 7.11 Å². The minimum Gasteiger partial charge on any atom is -0.497 e. The maximum absolute atomic E-state index is 10.6. The molecule has 4 heteroatoms. The molecule has 0 heterocycles. The maximum Gasteiger partial charge on any atom is 0.305 e. The molecule has 1 aromatic carbocycles. The van der Waals surface area contributed by atoms with Gasteiger partial charge in [-0.1, -0.05) is 19.1 Å². The zero-order valence-electron chi connectivity index (χ0n) is 10.2. The van der Waals surface area contributed by atoms with E-state index in [4.69, 9.17) is 14.6 Å². The standard InChI is InChI=1S/C13H18O4/c1-3-11(8-13(14)15)17-9-10-4-6-12(16-2)7-5-10/h4-7,11H,3,8-9H2,1-2H3,(H,14,15). The largest absolute Gasteiger partial charge is 0.497 e. The number of rotatable bonds is 7. The number of carboxylic acid groups (broad SMARTS) is 1. The van der Waals surface area contributed by atoms with Crippen molar-refractivity contribution in [3.8, 4) is 5.75 Å². The van der Waals surface area contributed by atoms with Crippen LogP contribution in [-0.2, 0) is 16.1 Å². The van der Waals surface area contributed by atoms with Crippen LogP contribution in [0, 0.1) is 0 Å². The van der Waals surface area contributed by atoms with Crippen molar-refractivity contribution in [3.05, 3.63) is 29.8 Å². The molecule has 0 spiro atoms. The molecule has 0 fully saturated rings. The van der Waals surface area contributed by atoms with Crippen LogP contribution in [0.5, 0.6) is 5.75 Å². The highest BCUT2D eigenvalue weighted by molar-refractivity contribution is 5.67. The Hall–Kier alpha value is -1.55. The van der Waals surface area contributed by atoms with E-state index >= 15 is 0 Å². The summed E-state index contributed by atoms with van der Waals surface area (Å²) in [5, 5.41) is 8.68. The number of hydrogen-bond acceptors (Lipinski definition) is 3. The average molecular weight is 238 g/mol. The zero-order chi connectivity index (χ0) is 12.7. The molecule has 0 aromatic heterocycles. The van der Waals surface area contributed by atoms with E-state index in [1.165, 1.54) is 0 Å². The monoisotopic (exact) mass is 238 g/mol. The van der Waals surface area contributed by atoms with Crippen LogP contribution in [0.2, 0.25) is 0 Å². The fourth-order valence-corrected chi connectivity index (χ4v) is 1.45. The highest BCUT2D eigenvalue weighted by Crippen LogP contribution is 2.14. The molecule has 0 aliphatic carbocycles. The molecule has 0 saturated carbocycles. The second kappa shape index (κ2) is 6.91. The molecule has 1 aromatic rings. The van der Waals surface area contributed by atoms with E-state index in [1.807, 2.05) is 31.2 Å². The van der Waals surface area contributed by atoms with Gasteiger partial charge in [0.1, 0.15) is 5.75 Å². The van der Waals surface area contributed by atoms with E-state index in [9.17, 15) is 4.79 Å². The van der Waals surface area contributed by atoms with Gasteiger partial charge in [0.15, 0.2) is 0 Å². The van der Waals surface area contributed by atoms with Crippen LogP contribution in [-0.4, -0.2) is 24.3 Å². The normalized spacial score (nSPS) is 12.1. The third-order valence-corrected chi connectivity index (χ3v) is 2.50. The molecule has 0 saturated heterocycles. The van der Waals surface area contributed by atoms with Crippen LogP contribution >= 0.6 is 0 Å². The number of methoxy groups -OCH3 is 1. The summed E-state index contributed by atoms with van der Waals surface area (Å²) in [6, 6.07) is 7.53. The summed E-state index contributed by atoms with van der Waals surface area (Å²) in [5.74, 6) is -0.0297. The van der Waals surface area contributed by atoms with Crippen molar-refractivity contribution >= 4 is 5.97 Å². The van der Waals surface area contributed by atoms with Gasteiger partial charge in [0.05, 0.1) is 26.2 Å². The van der Waals surface area contributed by atoms with Gasteiger partial charge >= 0.3 is 5.97 Å². The van der Waals surface area contributed by atoms with Gasteiger partial charge in [0.25, 0.3) is 0 Å². The molecule has 94 valence electrons. The second-order valence-electron chi connectivity index (χ2n) is 3.79. The summed E-state index contributed by atoms with van der Waals surface area (Å²) in [5.41, 5.74) is 1.01. The summed E-state index contributed by atoms with van der Waals surface area (Å²) < 4.78 is 10.6. The molecule has 1 atom stereocenters. The van der Waals surface area contributed by atoms with Crippen molar-refractivity contribution in [1.82, 2.24) is 0 Å². The minimum absolute atomic E-state index is 0.0483. The average Bonchev–Trinajstić information content (AvgIpc) is 2.34. The van der Waals surface area contributed by atoms with E-state index in [-0.39, 0.29) is 12.5 Å². The van der Waals surface area contributed by atoms with Crippen molar-refractivity contribution in [1.29, 1.82) is 0 Å². The van der Waals surface area contributed by atoms with Gasteiger partial charge in [-0.25, -0.2) is 0 Å². The van der Waals surface area contributed by atoms with Crippen LogP contribution in [0.25, 0.3) is 0 Å². The Labute approximate surface area is 101 Å². The number of carboxylic acids is 1. The summed E-state index contributed by atoms with van der Waals surface area (Å²) in [6.07, 6.45) is 0.518. The fourth-order valence-electron chi connectivity index (χ4n) is 1.45. The fraction of sp³-hybridized carbons (Fsp3) is 0.462. The number of carbonyl (C=O) groups is 1. The third kappa shape index (κ3) is 4.87. The second-order valence-corrected chi connectivity index (χ2v) is 3.79. The molecule has 0 bridgehead atoms. The Kier molecular flexibility index (Phi) is 5.49. The Morgan fingerprint density at radius 3 is 2.47 bits per heavy atom. The topological polar surface area (TPSA) is 55.8 Å². The Bertz CT molecular complexity index is 345. The number of benzene rings is 1. The van der Waals surface area contributed by atoms with E-state index in [0.717, 1.165) is 11.3 Å². The Morgan fingerprint density at radius 1 is 1.35 bits per heavy atom. The molecule has 0 aliphatic heterocycles. The lowest BCUT2D eigenvalue weighted by Gasteiger charge is -2.14. The van der Waals surface area contributed by atoms with Crippen LogP contribution in [0.3, 0.4) is 0 Å². The third-order valence-electron chi connectivity index (χ3n) is 2.50. The number of aliphatic carboxylic acids is 1. The van der Waals surface area contributed by atoms with Crippen molar-refractivity contribution in [2.45, 2.75) is 32.5 Å². The van der Waals surface area contributed by atoms with Crippen LogP contribution in [0.15, 0.2) is 24.3 Å². The van der Waals surface area contributed by atoms with Gasteiger partial charge in [-0.15, -0.1) is 0 Å². The van der Waals surface area contributed by atoms with Crippen LogP contribution in [0.4, 0.5) is 0 Å². The number of ether oxygens (including phenoxy) is 2. The summed E-state index contributed by atoms with van der Waals surface area (Å²) in [4.78, 5) is 10.6. The van der Waals surface area contributed by atoms with Gasteiger partial charge in [0, 0.05) is 0 Å². The van der Waals surface area contributed by atoms with Crippen LogP contribution in [0.1, 0.15) is 25.3 Å². The van der Waals surface area contributed by atoms with Crippen molar-refractivity contribution in [3.63, 3.8) is 0 Å². The minimum atomic E-state index is -0.827. The SMILES string of the molecule is CCC(CC(=O)O)OCc1ccc(OC)cc1. The van der Waals surface area contributed by atoms with Gasteiger partial charge in [-0.2, -0.15) is 0 Å². The molecule has 4 nitrogen and oxygen atoms in total. The predicted octanol–water partition coefficient (Wildman–Crippen LogP) is 2.47.